The predicted molar refractivity (Wildman–Crippen MR) is 128 cm³/mol. The van der Waals surface area contributed by atoms with Crippen LogP contribution in [0, 0.1) is 26.7 Å². The normalized spacial score (nSPS) is 11.9. The molecule has 2 amide bonds. The SMILES string of the molecule is Cc1cc(C)c(C)c(OCC(=O)N(Cc2cccc(Br)c2)C(C)C(=O)NCC(C)C)c1. The third kappa shape index (κ3) is 7.39. The van der Waals surface area contributed by atoms with Gasteiger partial charge < -0.3 is 15.0 Å². The summed E-state index contributed by atoms with van der Waals surface area (Å²) in [5, 5.41) is 2.93. The maximum absolute atomic E-state index is 13.2. The Labute approximate surface area is 194 Å². The maximum atomic E-state index is 13.2. The smallest absolute Gasteiger partial charge is 0.261 e. The van der Waals surface area contributed by atoms with Crippen molar-refractivity contribution in [3.8, 4) is 5.75 Å². The van der Waals surface area contributed by atoms with E-state index in [0.29, 0.717) is 24.8 Å². The first-order valence-electron chi connectivity index (χ1n) is 10.6. The molecule has 0 aliphatic rings. The Balaban J connectivity index is 2.20. The molecule has 2 rings (SSSR count). The van der Waals surface area contributed by atoms with Crippen LogP contribution in [0.25, 0.3) is 0 Å². The zero-order valence-electron chi connectivity index (χ0n) is 19.3. The fourth-order valence-corrected chi connectivity index (χ4v) is 3.69. The number of aryl methyl sites for hydroxylation is 2. The number of carbonyl (C=O) groups is 2. The number of rotatable bonds is 9. The zero-order chi connectivity index (χ0) is 23.1. The molecule has 2 aromatic carbocycles. The van der Waals surface area contributed by atoms with E-state index >= 15 is 0 Å². The molecule has 6 heteroatoms. The minimum Gasteiger partial charge on any atom is -0.483 e. The summed E-state index contributed by atoms with van der Waals surface area (Å²) in [6, 6.07) is 11.2. The Kier molecular flexibility index (Phi) is 9.11. The minimum atomic E-state index is -0.617. The van der Waals surface area contributed by atoms with Crippen molar-refractivity contribution in [1.82, 2.24) is 10.2 Å². The average molecular weight is 489 g/mol. The number of hydrogen-bond acceptors (Lipinski definition) is 3. The van der Waals surface area contributed by atoms with Crippen molar-refractivity contribution in [2.75, 3.05) is 13.2 Å². The van der Waals surface area contributed by atoms with Crippen molar-refractivity contribution in [3.63, 3.8) is 0 Å². The molecule has 31 heavy (non-hydrogen) atoms. The van der Waals surface area contributed by atoms with E-state index in [2.05, 4.69) is 27.3 Å². The van der Waals surface area contributed by atoms with E-state index in [9.17, 15) is 9.59 Å². The van der Waals surface area contributed by atoms with Crippen molar-refractivity contribution < 1.29 is 14.3 Å². The molecule has 0 aliphatic carbocycles. The number of halogens is 1. The third-order valence-corrected chi connectivity index (χ3v) is 5.70. The van der Waals surface area contributed by atoms with Gasteiger partial charge in [0.1, 0.15) is 11.8 Å². The fourth-order valence-electron chi connectivity index (χ4n) is 3.24. The zero-order valence-corrected chi connectivity index (χ0v) is 20.9. The van der Waals surface area contributed by atoms with Crippen LogP contribution in [0.3, 0.4) is 0 Å². The number of amides is 2. The standard InChI is InChI=1S/C25H33BrN2O3/c1-16(2)13-27-25(30)20(6)28(14-21-8-7-9-22(26)12-21)24(29)15-31-23-11-17(3)10-18(4)19(23)5/h7-12,16,20H,13-15H2,1-6H3,(H,27,30). The van der Waals surface area contributed by atoms with Gasteiger partial charge >= 0.3 is 0 Å². The Morgan fingerprint density at radius 2 is 1.81 bits per heavy atom. The van der Waals surface area contributed by atoms with Crippen molar-refractivity contribution >= 4 is 27.7 Å². The molecule has 0 saturated carbocycles. The molecule has 0 saturated heterocycles. The highest BCUT2D eigenvalue weighted by Gasteiger charge is 2.26. The van der Waals surface area contributed by atoms with Gasteiger partial charge in [-0.05, 0) is 74.1 Å². The highest BCUT2D eigenvalue weighted by Crippen LogP contribution is 2.23. The fraction of sp³-hybridized carbons (Fsp3) is 0.440. The summed E-state index contributed by atoms with van der Waals surface area (Å²) in [6.07, 6.45) is 0. The molecule has 2 aromatic rings. The van der Waals surface area contributed by atoms with Crippen LogP contribution in [0.2, 0.25) is 0 Å². The Bertz CT molecular complexity index is 927. The molecule has 5 nitrogen and oxygen atoms in total. The van der Waals surface area contributed by atoms with Gasteiger partial charge in [-0.3, -0.25) is 9.59 Å². The average Bonchev–Trinajstić information content (AvgIpc) is 2.71. The molecule has 0 radical (unpaired) electrons. The molecular weight excluding hydrogens is 456 g/mol. The van der Waals surface area contributed by atoms with Gasteiger partial charge in [0, 0.05) is 17.6 Å². The van der Waals surface area contributed by atoms with Gasteiger partial charge in [0.15, 0.2) is 6.61 Å². The van der Waals surface area contributed by atoms with E-state index in [1.807, 2.05) is 65.0 Å². The van der Waals surface area contributed by atoms with Crippen LogP contribution < -0.4 is 10.1 Å². The highest BCUT2D eigenvalue weighted by molar-refractivity contribution is 9.10. The van der Waals surface area contributed by atoms with Crippen molar-refractivity contribution in [3.05, 3.63) is 63.1 Å². The number of ether oxygens (including phenoxy) is 1. The van der Waals surface area contributed by atoms with E-state index < -0.39 is 6.04 Å². The molecule has 0 spiro atoms. The summed E-state index contributed by atoms with van der Waals surface area (Å²) in [5.41, 5.74) is 4.15. The Morgan fingerprint density at radius 3 is 2.45 bits per heavy atom. The van der Waals surface area contributed by atoms with Crippen LogP contribution in [0.15, 0.2) is 40.9 Å². The number of nitrogens with zero attached hydrogens (tertiary/aromatic N) is 1. The molecule has 1 atom stereocenters. The highest BCUT2D eigenvalue weighted by atomic mass is 79.9. The minimum absolute atomic E-state index is 0.125. The van der Waals surface area contributed by atoms with Gasteiger partial charge in [0.25, 0.3) is 5.91 Å². The van der Waals surface area contributed by atoms with Crippen molar-refractivity contribution in [2.45, 2.75) is 54.1 Å². The predicted octanol–water partition coefficient (Wildman–Crippen LogP) is 4.94. The largest absolute Gasteiger partial charge is 0.483 e. The van der Waals surface area contributed by atoms with Gasteiger partial charge in [-0.25, -0.2) is 0 Å². The molecular formula is C25H33BrN2O3. The molecule has 0 heterocycles. The van der Waals surface area contributed by atoms with Crippen LogP contribution in [0.1, 0.15) is 43.0 Å². The first-order valence-corrected chi connectivity index (χ1v) is 11.4. The van der Waals surface area contributed by atoms with Crippen molar-refractivity contribution in [2.24, 2.45) is 5.92 Å². The Morgan fingerprint density at radius 1 is 1.10 bits per heavy atom. The van der Waals surface area contributed by atoms with Crippen LogP contribution in [0.5, 0.6) is 5.75 Å². The van der Waals surface area contributed by atoms with E-state index in [-0.39, 0.29) is 18.4 Å². The van der Waals surface area contributed by atoms with Gasteiger partial charge in [0.2, 0.25) is 5.91 Å². The lowest BCUT2D eigenvalue weighted by Gasteiger charge is -2.29. The third-order valence-electron chi connectivity index (χ3n) is 5.21. The number of carbonyl (C=O) groups excluding carboxylic acids is 2. The summed E-state index contributed by atoms with van der Waals surface area (Å²) in [4.78, 5) is 27.5. The van der Waals surface area contributed by atoms with E-state index in [1.54, 1.807) is 11.8 Å². The van der Waals surface area contributed by atoms with E-state index in [4.69, 9.17) is 4.74 Å². The van der Waals surface area contributed by atoms with Gasteiger partial charge in [-0.15, -0.1) is 0 Å². The van der Waals surface area contributed by atoms with Gasteiger partial charge in [-0.2, -0.15) is 0 Å². The molecule has 1 unspecified atom stereocenters. The molecule has 168 valence electrons. The van der Waals surface area contributed by atoms with Gasteiger partial charge in [-0.1, -0.05) is 48.0 Å². The van der Waals surface area contributed by atoms with Crippen LogP contribution >= 0.6 is 15.9 Å². The number of nitrogens with one attached hydrogen (secondary N) is 1. The van der Waals surface area contributed by atoms with Crippen LogP contribution in [-0.4, -0.2) is 35.9 Å². The van der Waals surface area contributed by atoms with Gasteiger partial charge in [0.05, 0.1) is 0 Å². The van der Waals surface area contributed by atoms with Crippen LogP contribution in [-0.2, 0) is 16.1 Å². The molecule has 0 aliphatic heterocycles. The number of hydrogen-bond donors (Lipinski definition) is 1. The summed E-state index contributed by atoms with van der Waals surface area (Å²) in [6.45, 7) is 12.6. The lowest BCUT2D eigenvalue weighted by molar-refractivity contribution is -0.142. The summed E-state index contributed by atoms with van der Waals surface area (Å²) in [7, 11) is 0. The second-order valence-corrected chi connectivity index (χ2v) is 9.38. The molecule has 0 aromatic heterocycles. The number of benzene rings is 2. The van der Waals surface area contributed by atoms with Crippen LogP contribution in [0.4, 0.5) is 0 Å². The van der Waals surface area contributed by atoms with E-state index in [0.717, 1.165) is 26.7 Å². The van der Waals surface area contributed by atoms with Crippen molar-refractivity contribution in [1.29, 1.82) is 0 Å². The maximum Gasteiger partial charge on any atom is 0.261 e. The first-order chi connectivity index (χ1) is 14.6. The van der Waals surface area contributed by atoms with E-state index in [1.165, 1.54) is 0 Å². The monoisotopic (exact) mass is 488 g/mol. The summed E-state index contributed by atoms with van der Waals surface area (Å²) < 4.78 is 6.83. The molecule has 1 N–H and O–H groups in total. The second-order valence-electron chi connectivity index (χ2n) is 8.46. The quantitative estimate of drug-likeness (QED) is 0.543. The lowest BCUT2D eigenvalue weighted by atomic mass is 10.1. The molecule has 0 fully saturated rings. The first kappa shape index (κ1) is 24.9. The summed E-state index contributed by atoms with van der Waals surface area (Å²) >= 11 is 3.47. The molecule has 0 bridgehead atoms. The Hall–Kier alpha value is -2.34. The topological polar surface area (TPSA) is 58.6 Å². The lowest BCUT2D eigenvalue weighted by Crippen LogP contribution is -2.49. The summed E-state index contributed by atoms with van der Waals surface area (Å²) in [5.74, 6) is 0.636. The second kappa shape index (κ2) is 11.3.